The second-order valence-corrected chi connectivity index (χ2v) is 5.09. The first-order valence-corrected chi connectivity index (χ1v) is 5.99. The fourth-order valence-corrected chi connectivity index (χ4v) is 2.88. The van der Waals surface area contributed by atoms with Crippen molar-refractivity contribution in [1.29, 1.82) is 0 Å². The molecule has 1 saturated carbocycles. The quantitative estimate of drug-likeness (QED) is 0.652. The van der Waals surface area contributed by atoms with Crippen LogP contribution in [0.2, 0.25) is 0 Å². The zero-order valence-corrected chi connectivity index (χ0v) is 9.79. The maximum absolute atomic E-state index is 11.4. The summed E-state index contributed by atoms with van der Waals surface area (Å²) in [4.78, 5) is 13.7. The Morgan fingerprint density at radius 2 is 1.87 bits per heavy atom. The van der Waals surface area contributed by atoms with E-state index in [1.165, 1.54) is 39.2 Å². The van der Waals surface area contributed by atoms with Crippen LogP contribution in [0.25, 0.3) is 0 Å². The van der Waals surface area contributed by atoms with Crippen molar-refractivity contribution in [3.05, 3.63) is 0 Å². The molecule has 1 aliphatic heterocycles. The van der Waals surface area contributed by atoms with Crippen LogP contribution < -0.4 is 0 Å². The fraction of sp³-hybridized carbons (Fsp3) is 0.917. The van der Waals surface area contributed by atoms with Gasteiger partial charge in [-0.05, 0) is 51.1 Å². The molecule has 1 unspecified atom stereocenters. The van der Waals surface area contributed by atoms with Crippen LogP contribution in [0.15, 0.2) is 0 Å². The molecule has 1 heterocycles. The maximum atomic E-state index is 11.4. The van der Waals surface area contributed by atoms with Crippen LogP contribution in [-0.2, 0) is 9.53 Å². The summed E-state index contributed by atoms with van der Waals surface area (Å²) in [5.74, 6) is -0.0976. The zero-order chi connectivity index (χ0) is 10.9. The van der Waals surface area contributed by atoms with E-state index in [-0.39, 0.29) is 12.0 Å². The summed E-state index contributed by atoms with van der Waals surface area (Å²) in [5, 5.41) is 0. The van der Waals surface area contributed by atoms with E-state index in [0.29, 0.717) is 5.41 Å². The maximum Gasteiger partial charge on any atom is 0.322 e. The van der Waals surface area contributed by atoms with Crippen molar-refractivity contribution in [2.45, 2.75) is 45.1 Å². The van der Waals surface area contributed by atoms with Gasteiger partial charge in [-0.15, -0.1) is 0 Å². The van der Waals surface area contributed by atoms with Crippen molar-refractivity contribution in [2.75, 3.05) is 20.2 Å². The van der Waals surface area contributed by atoms with Crippen molar-refractivity contribution in [1.82, 2.24) is 4.90 Å². The number of hydrogen-bond acceptors (Lipinski definition) is 3. The van der Waals surface area contributed by atoms with Crippen molar-refractivity contribution >= 4 is 5.97 Å². The fourth-order valence-electron chi connectivity index (χ4n) is 2.88. The number of rotatable bonds is 2. The molecule has 0 N–H and O–H groups in total. The number of ether oxygens (including phenoxy) is 1. The van der Waals surface area contributed by atoms with Crippen LogP contribution >= 0.6 is 0 Å². The van der Waals surface area contributed by atoms with Crippen LogP contribution in [0.5, 0.6) is 0 Å². The summed E-state index contributed by atoms with van der Waals surface area (Å²) in [6, 6.07) is -0.0626. The Bertz CT molecular complexity index is 238. The second kappa shape index (κ2) is 4.12. The molecular formula is C12H21NO2. The van der Waals surface area contributed by atoms with Gasteiger partial charge in [-0.2, -0.15) is 0 Å². The molecule has 0 aromatic heterocycles. The van der Waals surface area contributed by atoms with Crippen LogP contribution in [0, 0.1) is 5.41 Å². The lowest BCUT2D eigenvalue weighted by molar-refractivity contribution is -0.147. The molecular weight excluding hydrogens is 190 g/mol. The van der Waals surface area contributed by atoms with Gasteiger partial charge in [0, 0.05) is 0 Å². The lowest BCUT2D eigenvalue weighted by Gasteiger charge is -2.48. The lowest BCUT2D eigenvalue weighted by atomic mass is 9.63. The molecule has 2 fully saturated rings. The molecule has 1 aliphatic carbocycles. The average Bonchev–Trinajstić information content (AvgIpc) is 2.25. The minimum Gasteiger partial charge on any atom is -0.468 e. The molecule has 0 amide bonds. The van der Waals surface area contributed by atoms with Gasteiger partial charge in [0.25, 0.3) is 0 Å². The van der Waals surface area contributed by atoms with E-state index in [1.807, 2.05) is 6.92 Å². The van der Waals surface area contributed by atoms with E-state index in [1.54, 1.807) is 0 Å². The third kappa shape index (κ3) is 2.03. The number of piperidine rings is 1. The van der Waals surface area contributed by atoms with Gasteiger partial charge in [0.1, 0.15) is 6.04 Å². The van der Waals surface area contributed by atoms with Gasteiger partial charge in [0.2, 0.25) is 0 Å². The molecule has 2 aliphatic rings. The SMILES string of the molecule is COC(=O)C(C)N1CCC2(CCC2)CC1. The summed E-state index contributed by atoms with van der Waals surface area (Å²) < 4.78 is 4.78. The lowest BCUT2D eigenvalue weighted by Crippen LogP contribution is -2.49. The van der Waals surface area contributed by atoms with Crippen molar-refractivity contribution in [3.8, 4) is 0 Å². The highest BCUT2D eigenvalue weighted by atomic mass is 16.5. The van der Waals surface area contributed by atoms with Gasteiger partial charge in [-0.1, -0.05) is 6.42 Å². The molecule has 3 heteroatoms. The molecule has 0 radical (unpaired) electrons. The minimum atomic E-state index is -0.0976. The normalized spacial score (nSPS) is 27.1. The molecule has 15 heavy (non-hydrogen) atoms. The molecule has 2 rings (SSSR count). The predicted octanol–water partition coefficient (Wildman–Crippen LogP) is 1.81. The van der Waals surface area contributed by atoms with E-state index >= 15 is 0 Å². The molecule has 1 spiro atoms. The molecule has 0 aromatic carbocycles. The highest BCUT2D eigenvalue weighted by Gasteiger charge is 2.40. The molecule has 0 aromatic rings. The average molecular weight is 211 g/mol. The van der Waals surface area contributed by atoms with E-state index < -0.39 is 0 Å². The standard InChI is InChI=1S/C12H21NO2/c1-10(11(14)15-2)13-8-6-12(7-9-13)4-3-5-12/h10H,3-9H2,1-2H3. The monoisotopic (exact) mass is 211 g/mol. The van der Waals surface area contributed by atoms with Crippen LogP contribution in [0.1, 0.15) is 39.0 Å². The largest absolute Gasteiger partial charge is 0.468 e. The van der Waals surface area contributed by atoms with Crippen molar-refractivity contribution in [3.63, 3.8) is 0 Å². The highest BCUT2D eigenvalue weighted by Crippen LogP contribution is 2.48. The summed E-state index contributed by atoms with van der Waals surface area (Å²) in [6.07, 6.45) is 6.77. The number of carbonyl (C=O) groups excluding carboxylic acids is 1. The Kier molecular flexibility index (Phi) is 3.01. The smallest absolute Gasteiger partial charge is 0.322 e. The van der Waals surface area contributed by atoms with E-state index in [0.717, 1.165) is 13.1 Å². The summed E-state index contributed by atoms with van der Waals surface area (Å²) in [6.45, 7) is 4.08. The molecule has 1 saturated heterocycles. The third-order valence-electron chi connectivity index (χ3n) is 4.36. The Labute approximate surface area is 91.8 Å². The van der Waals surface area contributed by atoms with Crippen molar-refractivity contribution in [2.24, 2.45) is 5.41 Å². The predicted molar refractivity (Wildman–Crippen MR) is 58.6 cm³/mol. The first-order valence-electron chi connectivity index (χ1n) is 5.99. The summed E-state index contributed by atoms with van der Waals surface area (Å²) in [5.41, 5.74) is 0.659. The zero-order valence-electron chi connectivity index (χ0n) is 9.79. The number of carbonyl (C=O) groups is 1. The number of nitrogens with zero attached hydrogens (tertiary/aromatic N) is 1. The number of likely N-dealkylation sites (tertiary alicyclic amines) is 1. The Balaban J connectivity index is 1.84. The van der Waals surface area contributed by atoms with Gasteiger partial charge in [-0.25, -0.2) is 0 Å². The second-order valence-electron chi connectivity index (χ2n) is 5.09. The summed E-state index contributed by atoms with van der Waals surface area (Å²) >= 11 is 0. The number of methoxy groups -OCH3 is 1. The van der Waals surface area contributed by atoms with Gasteiger partial charge in [0.15, 0.2) is 0 Å². The van der Waals surface area contributed by atoms with Crippen LogP contribution in [0.4, 0.5) is 0 Å². The Morgan fingerprint density at radius 1 is 1.27 bits per heavy atom. The van der Waals surface area contributed by atoms with Crippen molar-refractivity contribution < 1.29 is 9.53 Å². The van der Waals surface area contributed by atoms with Gasteiger partial charge in [-0.3, -0.25) is 9.69 Å². The Morgan fingerprint density at radius 3 is 2.27 bits per heavy atom. The van der Waals surface area contributed by atoms with Crippen LogP contribution in [0.3, 0.4) is 0 Å². The minimum absolute atomic E-state index is 0.0626. The molecule has 86 valence electrons. The number of esters is 1. The van der Waals surface area contributed by atoms with Crippen LogP contribution in [-0.4, -0.2) is 37.1 Å². The molecule has 0 bridgehead atoms. The van der Waals surface area contributed by atoms with Gasteiger partial charge < -0.3 is 4.74 Å². The summed E-state index contributed by atoms with van der Waals surface area (Å²) in [7, 11) is 1.47. The van der Waals surface area contributed by atoms with Gasteiger partial charge in [0.05, 0.1) is 7.11 Å². The molecule has 1 atom stereocenters. The first kappa shape index (κ1) is 10.9. The van der Waals surface area contributed by atoms with E-state index in [9.17, 15) is 4.79 Å². The number of hydrogen-bond donors (Lipinski definition) is 0. The van der Waals surface area contributed by atoms with E-state index in [2.05, 4.69) is 4.90 Å². The van der Waals surface area contributed by atoms with E-state index in [4.69, 9.17) is 4.74 Å². The topological polar surface area (TPSA) is 29.5 Å². The third-order valence-corrected chi connectivity index (χ3v) is 4.36. The Hall–Kier alpha value is -0.570. The first-order chi connectivity index (χ1) is 7.17. The highest BCUT2D eigenvalue weighted by molar-refractivity contribution is 5.75. The molecule has 3 nitrogen and oxygen atoms in total. The van der Waals surface area contributed by atoms with Gasteiger partial charge >= 0.3 is 5.97 Å².